The number of nitrogens with one attached hydrogen (secondary N) is 1. The highest BCUT2D eigenvalue weighted by atomic mass is 19.1. The highest BCUT2D eigenvalue weighted by molar-refractivity contribution is 5.95. The van der Waals surface area contributed by atoms with Crippen LogP contribution in [0.4, 0.5) is 10.1 Å². The number of nitrogen functional groups attached to an aromatic ring is 1. The molecular formula is C12H15FN2O2. The molecule has 2 rings (SSSR count). The van der Waals surface area contributed by atoms with Crippen LogP contribution in [-0.2, 0) is 0 Å². The molecule has 1 aromatic carbocycles. The number of carbonyl (C=O) groups is 1. The van der Waals surface area contributed by atoms with Gasteiger partial charge in [0.1, 0.15) is 5.82 Å². The number of carbonyl (C=O) groups excluding carboxylic acids is 1. The van der Waals surface area contributed by atoms with Gasteiger partial charge in [0.15, 0.2) is 0 Å². The summed E-state index contributed by atoms with van der Waals surface area (Å²) in [6, 6.07) is 2.61. The zero-order valence-corrected chi connectivity index (χ0v) is 9.53. The zero-order valence-electron chi connectivity index (χ0n) is 9.53. The van der Waals surface area contributed by atoms with Gasteiger partial charge in [-0.25, -0.2) is 4.39 Å². The number of benzene rings is 1. The predicted octanol–water partition coefficient (Wildman–Crippen LogP) is 0.969. The van der Waals surface area contributed by atoms with E-state index in [0.29, 0.717) is 18.4 Å². The molecule has 0 saturated heterocycles. The molecule has 17 heavy (non-hydrogen) atoms. The third-order valence-electron chi connectivity index (χ3n) is 3.10. The van der Waals surface area contributed by atoms with Gasteiger partial charge in [-0.15, -0.1) is 0 Å². The van der Waals surface area contributed by atoms with Crippen molar-refractivity contribution < 1.29 is 14.3 Å². The zero-order chi connectivity index (χ0) is 12.6. The topological polar surface area (TPSA) is 75.4 Å². The van der Waals surface area contributed by atoms with Gasteiger partial charge in [0.25, 0.3) is 5.91 Å². The Labute approximate surface area is 98.6 Å². The minimum Gasteiger partial charge on any atom is -0.398 e. The summed E-state index contributed by atoms with van der Waals surface area (Å²) in [4.78, 5) is 11.8. The van der Waals surface area contributed by atoms with Crippen LogP contribution in [0.3, 0.4) is 0 Å². The summed E-state index contributed by atoms with van der Waals surface area (Å²) in [6.45, 7) is 1.56. The first kappa shape index (κ1) is 11.9. The van der Waals surface area contributed by atoms with Crippen molar-refractivity contribution in [2.24, 2.45) is 0 Å². The van der Waals surface area contributed by atoms with Gasteiger partial charge in [0, 0.05) is 22.9 Å². The van der Waals surface area contributed by atoms with Crippen molar-refractivity contribution in [1.82, 2.24) is 5.32 Å². The SMILES string of the molecule is Cc1c(N)cc(C(=O)NC2CC(O)C2)cc1F. The number of anilines is 1. The van der Waals surface area contributed by atoms with Gasteiger partial charge in [0.2, 0.25) is 0 Å². The van der Waals surface area contributed by atoms with Gasteiger partial charge in [-0.1, -0.05) is 0 Å². The Morgan fingerprint density at radius 2 is 2.18 bits per heavy atom. The average molecular weight is 238 g/mol. The fourth-order valence-electron chi connectivity index (χ4n) is 1.81. The molecule has 1 aliphatic carbocycles. The van der Waals surface area contributed by atoms with Gasteiger partial charge in [-0.05, 0) is 31.9 Å². The maximum Gasteiger partial charge on any atom is 0.251 e. The minimum absolute atomic E-state index is 0.0249. The van der Waals surface area contributed by atoms with E-state index in [0.717, 1.165) is 0 Å². The third-order valence-corrected chi connectivity index (χ3v) is 3.10. The van der Waals surface area contributed by atoms with Crippen LogP contribution in [0.1, 0.15) is 28.8 Å². The number of rotatable bonds is 2. The van der Waals surface area contributed by atoms with Crippen LogP contribution >= 0.6 is 0 Å². The van der Waals surface area contributed by atoms with Crippen molar-refractivity contribution in [2.45, 2.75) is 31.9 Å². The lowest BCUT2D eigenvalue weighted by atomic mass is 9.89. The van der Waals surface area contributed by atoms with Crippen molar-refractivity contribution in [2.75, 3.05) is 5.73 Å². The fraction of sp³-hybridized carbons (Fsp3) is 0.417. The van der Waals surface area contributed by atoms with Crippen LogP contribution in [0.5, 0.6) is 0 Å². The molecule has 0 bridgehead atoms. The molecule has 1 amide bonds. The first-order chi connectivity index (χ1) is 7.97. The monoisotopic (exact) mass is 238 g/mol. The summed E-state index contributed by atoms with van der Waals surface area (Å²) in [7, 11) is 0. The number of nitrogens with two attached hydrogens (primary N) is 1. The molecule has 92 valence electrons. The predicted molar refractivity (Wildman–Crippen MR) is 62.0 cm³/mol. The number of halogens is 1. The second kappa shape index (κ2) is 4.33. The second-order valence-electron chi connectivity index (χ2n) is 4.47. The quantitative estimate of drug-likeness (QED) is 0.672. The maximum atomic E-state index is 13.4. The van der Waals surface area contributed by atoms with E-state index in [2.05, 4.69) is 5.32 Å². The molecule has 0 atom stereocenters. The Morgan fingerprint density at radius 1 is 1.53 bits per heavy atom. The van der Waals surface area contributed by atoms with Gasteiger partial charge in [0.05, 0.1) is 6.10 Å². The molecule has 1 saturated carbocycles. The summed E-state index contributed by atoms with van der Waals surface area (Å²) in [5.74, 6) is -0.837. The number of hydrogen-bond donors (Lipinski definition) is 3. The van der Waals surface area contributed by atoms with Crippen LogP contribution < -0.4 is 11.1 Å². The second-order valence-corrected chi connectivity index (χ2v) is 4.47. The van der Waals surface area contributed by atoms with Gasteiger partial charge < -0.3 is 16.2 Å². The molecule has 4 nitrogen and oxygen atoms in total. The molecular weight excluding hydrogens is 223 g/mol. The Kier molecular flexibility index (Phi) is 3.02. The number of aliphatic hydroxyl groups excluding tert-OH is 1. The van der Waals surface area contributed by atoms with E-state index in [9.17, 15) is 9.18 Å². The van der Waals surface area contributed by atoms with E-state index in [4.69, 9.17) is 10.8 Å². The fourth-order valence-corrected chi connectivity index (χ4v) is 1.81. The van der Waals surface area contributed by atoms with E-state index in [1.54, 1.807) is 6.92 Å². The van der Waals surface area contributed by atoms with Crippen molar-refractivity contribution >= 4 is 11.6 Å². The summed E-state index contributed by atoms with van der Waals surface area (Å²) in [6.07, 6.45) is 0.769. The van der Waals surface area contributed by atoms with E-state index in [1.165, 1.54) is 12.1 Å². The van der Waals surface area contributed by atoms with Crippen molar-refractivity contribution in [3.63, 3.8) is 0 Å². The Morgan fingerprint density at radius 3 is 2.71 bits per heavy atom. The highest BCUT2D eigenvalue weighted by Gasteiger charge is 2.28. The summed E-state index contributed by atoms with van der Waals surface area (Å²) < 4.78 is 13.4. The molecule has 1 aromatic rings. The standard InChI is InChI=1S/C12H15FN2O2/c1-6-10(13)2-7(3-11(6)14)12(17)15-8-4-9(16)5-8/h2-3,8-9,16H,4-5,14H2,1H3,(H,15,17). The summed E-state index contributed by atoms with van der Waals surface area (Å²) >= 11 is 0. The summed E-state index contributed by atoms with van der Waals surface area (Å²) in [5, 5.41) is 11.8. The molecule has 0 radical (unpaired) electrons. The molecule has 1 aliphatic rings. The minimum atomic E-state index is -0.483. The number of amides is 1. The lowest BCUT2D eigenvalue weighted by Crippen LogP contribution is -2.46. The van der Waals surface area contributed by atoms with Crippen molar-refractivity contribution in [1.29, 1.82) is 0 Å². The van der Waals surface area contributed by atoms with Crippen LogP contribution in [0, 0.1) is 12.7 Å². The van der Waals surface area contributed by atoms with E-state index >= 15 is 0 Å². The molecule has 0 aromatic heterocycles. The van der Waals surface area contributed by atoms with Crippen LogP contribution in [0.15, 0.2) is 12.1 Å². The molecule has 1 fully saturated rings. The average Bonchev–Trinajstić information content (AvgIpc) is 2.23. The molecule has 0 aliphatic heterocycles. The molecule has 5 heteroatoms. The number of aliphatic hydroxyl groups is 1. The molecule has 0 unspecified atom stereocenters. The lowest BCUT2D eigenvalue weighted by Gasteiger charge is -2.31. The van der Waals surface area contributed by atoms with Gasteiger partial charge in [-0.3, -0.25) is 4.79 Å². The molecule has 0 heterocycles. The smallest absolute Gasteiger partial charge is 0.251 e. The molecule has 0 spiro atoms. The maximum absolute atomic E-state index is 13.4. The lowest BCUT2D eigenvalue weighted by molar-refractivity contribution is 0.0562. The van der Waals surface area contributed by atoms with Crippen molar-refractivity contribution in [3.05, 3.63) is 29.1 Å². The van der Waals surface area contributed by atoms with Crippen LogP contribution in [-0.4, -0.2) is 23.2 Å². The highest BCUT2D eigenvalue weighted by Crippen LogP contribution is 2.21. The first-order valence-corrected chi connectivity index (χ1v) is 5.52. The number of hydrogen-bond acceptors (Lipinski definition) is 3. The third kappa shape index (κ3) is 2.39. The normalized spacial score (nSPS) is 23.0. The first-order valence-electron chi connectivity index (χ1n) is 5.52. The Bertz CT molecular complexity index is 433. The van der Waals surface area contributed by atoms with Crippen LogP contribution in [0.25, 0.3) is 0 Å². The Hall–Kier alpha value is -1.62. The molecule has 4 N–H and O–H groups in total. The summed E-state index contributed by atoms with van der Waals surface area (Å²) in [5.41, 5.74) is 6.43. The largest absolute Gasteiger partial charge is 0.398 e. The van der Waals surface area contributed by atoms with Gasteiger partial charge >= 0.3 is 0 Å². The van der Waals surface area contributed by atoms with Crippen LogP contribution in [0.2, 0.25) is 0 Å². The van der Waals surface area contributed by atoms with Gasteiger partial charge in [-0.2, -0.15) is 0 Å². The van der Waals surface area contributed by atoms with E-state index < -0.39 is 5.82 Å². The van der Waals surface area contributed by atoms with E-state index in [1.807, 2.05) is 0 Å². The Balaban J connectivity index is 2.09. The van der Waals surface area contributed by atoms with E-state index in [-0.39, 0.29) is 29.3 Å². The van der Waals surface area contributed by atoms with Crippen molar-refractivity contribution in [3.8, 4) is 0 Å².